The summed E-state index contributed by atoms with van der Waals surface area (Å²) in [5.41, 5.74) is 8.48. The summed E-state index contributed by atoms with van der Waals surface area (Å²) in [7, 11) is 2.22. The van der Waals surface area contributed by atoms with Crippen molar-refractivity contribution in [2.24, 2.45) is 5.73 Å². The first-order valence-electron chi connectivity index (χ1n) is 6.73. The number of nitrogens with zero attached hydrogens (tertiary/aromatic N) is 2. The predicted octanol–water partition coefficient (Wildman–Crippen LogP) is 1.67. The smallest absolute Gasteiger partial charge is 0.0277 e. The highest BCUT2D eigenvalue weighted by molar-refractivity contribution is 5.22. The minimum absolute atomic E-state index is 0.273. The van der Waals surface area contributed by atoms with E-state index < -0.39 is 0 Å². The first kappa shape index (κ1) is 13.5. The number of rotatable bonds is 3. The van der Waals surface area contributed by atoms with Crippen LogP contribution in [-0.4, -0.2) is 42.0 Å². The van der Waals surface area contributed by atoms with Crippen molar-refractivity contribution >= 4 is 0 Å². The maximum absolute atomic E-state index is 5.62. The van der Waals surface area contributed by atoms with E-state index in [4.69, 9.17) is 5.73 Å². The van der Waals surface area contributed by atoms with Gasteiger partial charge in [0.2, 0.25) is 0 Å². The lowest BCUT2D eigenvalue weighted by Gasteiger charge is -2.45. The van der Waals surface area contributed by atoms with Crippen molar-refractivity contribution in [1.29, 1.82) is 0 Å². The molecule has 1 aliphatic heterocycles. The molecule has 0 aliphatic carbocycles. The van der Waals surface area contributed by atoms with Gasteiger partial charge in [-0.15, -0.1) is 0 Å². The molecule has 1 aromatic rings. The van der Waals surface area contributed by atoms with Gasteiger partial charge in [0.1, 0.15) is 0 Å². The molecule has 1 aliphatic rings. The molecule has 0 spiro atoms. The summed E-state index contributed by atoms with van der Waals surface area (Å²) in [6, 6.07) is 8.67. The van der Waals surface area contributed by atoms with Gasteiger partial charge in [0.15, 0.2) is 0 Å². The summed E-state index contributed by atoms with van der Waals surface area (Å²) in [6.45, 7) is 9.73. The highest BCUT2D eigenvalue weighted by Gasteiger charge is 2.30. The Labute approximate surface area is 111 Å². The van der Waals surface area contributed by atoms with Crippen molar-refractivity contribution in [1.82, 2.24) is 9.80 Å². The van der Waals surface area contributed by atoms with Crippen LogP contribution in [0, 0.1) is 0 Å². The van der Waals surface area contributed by atoms with Gasteiger partial charge in [-0.1, -0.05) is 24.3 Å². The predicted molar refractivity (Wildman–Crippen MR) is 76.3 cm³/mol. The summed E-state index contributed by atoms with van der Waals surface area (Å²) in [6.07, 6.45) is 0. The second-order valence-electron chi connectivity index (χ2n) is 5.97. The lowest BCUT2D eigenvalue weighted by atomic mass is 9.99. The molecule has 2 N–H and O–H groups in total. The number of nitrogens with two attached hydrogens (primary N) is 1. The van der Waals surface area contributed by atoms with Gasteiger partial charge < -0.3 is 5.73 Å². The Morgan fingerprint density at radius 2 is 1.72 bits per heavy atom. The van der Waals surface area contributed by atoms with Gasteiger partial charge in [0.25, 0.3) is 0 Å². The van der Waals surface area contributed by atoms with E-state index in [0.717, 1.165) is 26.2 Å². The zero-order valence-corrected chi connectivity index (χ0v) is 11.8. The Bertz CT molecular complexity index is 383. The number of benzene rings is 1. The van der Waals surface area contributed by atoms with Gasteiger partial charge in [0.05, 0.1) is 0 Å². The molecule has 0 unspecified atom stereocenters. The average Bonchev–Trinajstić information content (AvgIpc) is 2.34. The van der Waals surface area contributed by atoms with Gasteiger partial charge in [-0.2, -0.15) is 0 Å². The molecule has 3 nitrogen and oxygen atoms in total. The number of likely N-dealkylation sites (N-methyl/N-ethyl adjacent to an activating group) is 1. The molecule has 0 amide bonds. The van der Waals surface area contributed by atoms with Crippen LogP contribution in [0.2, 0.25) is 0 Å². The highest BCUT2D eigenvalue weighted by Crippen LogP contribution is 2.20. The van der Waals surface area contributed by atoms with Crippen LogP contribution in [0.4, 0.5) is 0 Å². The summed E-state index contributed by atoms with van der Waals surface area (Å²) < 4.78 is 0. The van der Waals surface area contributed by atoms with E-state index in [1.165, 1.54) is 11.1 Å². The zero-order valence-electron chi connectivity index (χ0n) is 11.8. The molecule has 0 saturated carbocycles. The third kappa shape index (κ3) is 3.10. The highest BCUT2D eigenvalue weighted by atomic mass is 15.3. The Kier molecular flexibility index (Phi) is 4.05. The molecular weight excluding hydrogens is 222 g/mol. The van der Waals surface area contributed by atoms with Crippen LogP contribution in [0.3, 0.4) is 0 Å². The molecule has 0 aromatic heterocycles. The maximum Gasteiger partial charge on any atom is 0.0277 e. The van der Waals surface area contributed by atoms with Gasteiger partial charge in [-0.3, -0.25) is 9.80 Å². The SMILES string of the molecule is CN1CCN(Cc2ccc(CN)cc2)CC1(C)C. The molecule has 0 bridgehead atoms. The van der Waals surface area contributed by atoms with E-state index in [-0.39, 0.29) is 5.54 Å². The molecule has 1 heterocycles. The van der Waals surface area contributed by atoms with E-state index >= 15 is 0 Å². The third-order valence-corrected chi connectivity index (χ3v) is 4.06. The van der Waals surface area contributed by atoms with E-state index in [1.807, 2.05) is 0 Å². The molecule has 3 heteroatoms. The molecular formula is C15H25N3. The molecule has 0 radical (unpaired) electrons. The first-order chi connectivity index (χ1) is 8.51. The standard InChI is InChI=1S/C15H25N3/c1-15(2)12-18(9-8-17(15)3)11-14-6-4-13(10-16)5-7-14/h4-7H,8-12,16H2,1-3H3. The van der Waals surface area contributed by atoms with Crippen LogP contribution >= 0.6 is 0 Å². The summed E-state index contributed by atoms with van der Waals surface area (Å²) in [5.74, 6) is 0. The fourth-order valence-corrected chi connectivity index (χ4v) is 2.51. The minimum atomic E-state index is 0.273. The minimum Gasteiger partial charge on any atom is -0.326 e. The fourth-order valence-electron chi connectivity index (χ4n) is 2.51. The normalized spacial score (nSPS) is 21.1. The molecule has 18 heavy (non-hydrogen) atoms. The van der Waals surface area contributed by atoms with Gasteiger partial charge in [-0.05, 0) is 32.0 Å². The van der Waals surface area contributed by atoms with E-state index in [0.29, 0.717) is 6.54 Å². The monoisotopic (exact) mass is 247 g/mol. The third-order valence-electron chi connectivity index (χ3n) is 4.06. The van der Waals surface area contributed by atoms with Crippen molar-refractivity contribution in [3.8, 4) is 0 Å². The van der Waals surface area contributed by atoms with Crippen LogP contribution in [-0.2, 0) is 13.1 Å². The largest absolute Gasteiger partial charge is 0.326 e. The van der Waals surface area contributed by atoms with Crippen LogP contribution < -0.4 is 5.73 Å². The van der Waals surface area contributed by atoms with Crippen LogP contribution in [0.15, 0.2) is 24.3 Å². The van der Waals surface area contributed by atoms with Gasteiger partial charge in [0, 0.05) is 38.3 Å². The molecule has 1 aromatic carbocycles. The Morgan fingerprint density at radius 1 is 1.11 bits per heavy atom. The molecule has 0 atom stereocenters. The Balaban J connectivity index is 1.97. The van der Waals surface area contributed by atoms with Crippen molar-refractivity contribution in [2.45, 2.75) is 32.5 Å². The van der Waals surface area contributed by atoms with Gasteiger partial charge >= 0.3 is 0 Å². The zero-order chi connectivity index (χ0) is 13.2. The van der Waals surface area contributed by atoms with Crippen molar-refractivity contribution < 1.29 is 0 Å². The first-order valence-corrected chi connectivity index (χ1v) is 6.73. The fraction of sp³-hybridized carbons (Fsp3) is 0.600. The van der Waals surface area contributed by atoms with E-state index in [9.17, 15) is 0 Å². The Morgan fingerprint density at radius 3 is 2.28 bits per heavy atom. The number of hydrogen-bond acceptors (Lipinski definition) is 3. The lowest BCUT2D eigenvalue weighted by molar-refractivity contribution is 0.0360. The van der Waals surface area contributed by atoms with Crippen LogP contribution in [0.25, 0.3) is 0 Å². The summed E-state index contributed by atoms with van der Waals surface area (Å²) in [5, 5.41) is 0. The quantitative estimate of drug-likeness (QED) is 0.882. The summed E-state index contributed by atoms with van der Waals surface area (Å²) in [4.78, 5) is 4.98. The number of piperazine rings is 1. The second-order valence-corrected chi connectivity index (χ2v) is 5.97. The average molecular weight is 247 g/mol. The topological polar surface area (TPSA) is 32.5 Å². The molecule has 100 valence electrons. The van der Waals surface area contributed by atoms with Crippen molar-refractivity contribution in [3.05, 3.63) is 35.4 Å². The number of hydrogen-bond donors (Lipinski definition) is 1. The Hall–Kier alpha value is -0.900. The van der Waals surface area contributed by atoms with Crippen molar-refractivity contribution in [3.63, 3.8) is 0 Å². The maximum atomic E-state index is 5.62. The van der Waals surface area contributed by atoms with E-state index in [2.05, 4.69) is 55.0 Å². The van der Waals surface area contributed by atoms with E-state index in [1.54, 1.807) is 0 Å². The van der Waals surface area contributed by atoms with Crippen LogP contribution in [0.5, 0.6) is 0 Å². The lowest BCUT2D eigenvalue weighted by Crippen LogP contribution is -2.57. The van der Waals surface area contributed by atoms with Gasteiger partial charge in [-0.25, -0.2) is 0 Å². The second kappa shape index (κ2) is 5.39. The van der Waals surface area contributed by atoms with Crippen LogP contribution in [0.1, 0.15) is 25.0 Å². The molecule has 2 rings (SSSR count). The summed E-state index contributed by atoms with van der Waals surface area (Å²) >= 11 is 0. The molecule has 1 saturated heterocycles. The molecule has 1 fully saturated rings. The van der Waals surface area contributed by atoms with Crippen molar-refractivity contribution in [2.75, 3.05) is 26.7 Å².